The molecule has 8 rings (SSSR count). The van der Waals surface area contributed by atoms with E-state index in [1.165, 1.54) is 36.4 Å². The first-order chi connectivity index (χ1) is 22.5. The van der Waals surface area contributed by atoms with E-state index in [2.05, 4.69) is 10.6 Å². The molecule has 2 aliphatic heterocycles. The van der Waals surface area contributed by atoms with Crippen molar-refractivity contribution in [2.45, 2.75) is 26.9 Å². The quantitative estimate of drug-likeness (QED) is 0.194. The van der Waals surface area contributed by atoms with Crippen LogP contribution in [0.5, 0.6) is 0 Å². The number of rotatable bonds is 2. The van der Waals surface area contributed by atoms with Crippen LogP contribution in [0.1, 0.15) is 32.1 Å². The normalized spacial score (nSPS) is 13.9. The topological polar surface area (TPSA) is 68.1 Å². The first-order valence-corrected chi connectivity index (χ1v) is 15.7. The number of aromatic nitrogens is 2. The number of hydrogen-bond acceptors (Lipinski definition) is 2. The van der Waals surface area contributed by atoms with Crippen LogP contribution in [0.3, 0.4) is 0 Å². The van der Waals surface area contributed by atoms with Crippen LogP contribution in [0.4, 0.5) is 13.2 Å². The van der Waals surface area contributed by atoms with Crippen molar-refractivity contribution >= 4 is 56.8 Å². The fourth-order valence-electron chi connectivity index (χ4n) is 6.76. The third-order valence-corrected chi connectivity index (χ3v) is 9.52. The predicted molar refractivity (Wildman–Crippen MR) is 179 cm³/mol. The lowest BCUT2D eigenvalue weighted by Crippen LogP contribution is -2.35. The number of carbonyl (C=O) groups is 2. The molecule has 0 radical (unpaired) electrons. The molecule has 4 aromatic carbocycles. The van der Waals surface area contributed by atoms with E-state index >= 15 is 0 Å². The number of hydrogen-bond donors (Lipinski definition) is 2. The minimum absolute atomic E-state index is 0.129. The Morgan fingerprint density at radius 1 is 0.617 bits per heavy atom. The molecular weight excluding hydrogens is 648 g/mol. The molecule has 47 heavy (non-hydrogen) atoms. The van der Waals surface area contributed by atoms with Gasteiger partial charge in [-0.3, -0.25) is 9.59 Å². The summed E-state index contributed by atoms with van der Waals surface area (Å²) < 4.78 is 45.8. The van der Waals surface area contributed by atoms with Gasteiger partial charge >= 0.3 is 0 Å². The highest BCUT2D eigenvalue weighted by molar-refractivity contribution is 6.42. The summed E-state index contributed by atoms with van der Waals surface area (Å²) in [6, 6.07) is 17.1. The Morgan fingerprint density at radius 2 is 1.13 bits per heavy atom. The van der Waals surface area contributed by atoms with Crippen LogP contribution in [0, 0.1) is 31.3 Å². The molecule has 2 aromatic heterocycles. The van der Waals surface area contributed by atoms with Gasteiger partial charge in [0.25, 0.3) is 11.8 Å². The Balaban J connectivity index is 0.000000150. The lowest BCUT2D eigenvalue weighted by Gasteiger charge is -2.18. The van der Waals surface area contributed by atoms with E-state index in [0.29, 0.717) is 69.7 Å². The summed E-state index contributed by atoms with van der Waals surface area (Å²) in [6.07, 6.45) is 0. The van der Waals surface area contributed by atoms with Crippen LogP contribution in [-0.4, -0.2) is 34.0 Å². The second kappa shape index (κ2) is 11.8. The number of carbonyl (C=O) groups excluding carboxylic acids is 2. The Morgan fingerprint density at radius 3 is 1.62 bits per heavy atom. The summed E-state index contributed by atoms with van der Waals surface area (Å²) in [4.78, 5) is 24.4. The lowest BCUT2D eigenvalue weighted by molar-refractivity contribution is 0.0920. The van der Waals surface area contributed by atoms with Crippen LogP contribution >= 0.6 is 23.2 Å². The van der Waals surface area contributed by atoms with Gasteiger partial charge in [-0.15, -0.1) is 0 Å². The van der Waals surface area contributed by atoms with E-state index in [1.54, 1.807) is 30.3 Å². The van der Waals surface area contributed by atoms with E-state index < -0.39 is 5.82 Å². The maximum absolute atomic E-state index is 14.2. The SMILES string of the molecule is Cc1c2n(c3c(-c4ccc(Cl)c(Cl)c4)cc(F)cc13)CCNC2=O.Cc1c2n(c3c(-c4cccc(F)c4)cc(F)cc13)CCNC2=O. The van der Waals surface area contributed by atoms with E-state index in [0.717, 1.165) is 33.1 Å². The van der Waals surface area contributed by atoms with Crippen molar-refractivity contribution in [2.24, 2.45) is 0 Å². The fourth-order valence-corrected chi connectivity index (χ4v) is 7.06. The van der Waals surface area contributed by atoms with E-state index in [9.17, 15) is 22.8 Å². The van der Waals surface area contributed by atoms with Crippen molar-refractivity contribution in [3.63, 3.8) is 0 Å². The smallest absolute Gasteiger partial charge is 0.268 e. The number of fused-ring (bicyclic) bond motifs is 6. The van der Waals surface area contributed by atoms with Gasteiger partial charge in [-0.25, -0.2) is 13.2 Å². The van der Waals surface area contributed by atoms with Gasteiger partial charge in [-0.1, -0.05) is 41.4 Å². The zero-order valence-electron chi connectivity index (χ0n) is 25.3. The molecule has 0 spiro atoms. The van der Waals surface area contributed by atoms with Crippen molar-refractivity contribution in [3.8, 4) is 22.3 Å². The van der Waals surface area contributed by atoms with Gasteiger partial charge in [0.05, 0.1) is 21.1 Å². The van der Waals surface area contributed by atoms with Gasteiger partial charge in [0, 0.05) is 48.1 Å². The van der Waals surface area contributed by atoms with E-state index in [1.807, 2.05) is 23.0 Å². The Labute approximate surface area is 277 Å². The minimum Gasteiger partial charge on any atom is -0.349 e. The molecule has 0 saturated carbocycles. The summed E-state index contributed by atoms with van der Waals surface area (Å²) in [7, 11) is 0. The molecule has 6 aromatic rings. The second-order valence-corrected chi connectivity index (χ2v) is 12.4. The molecule has 0 aliphatic carbocycles. The molecule has 2 N–H and O–H groups in total. The van der Waals surface area contributed by atoms with Gasteiger partial charge in [0.2, 0.25) is 0 Å². The Bertz CT molecular complexity index is 2290. The number of aryl methyl sites for hydroxylation is 2. The van der Waals surface area contributed by atoms with Crippen molar-refractivity contribution < 1.29 is 22.8 Å². The van der Waals surface area contributed by atoms with Gasteiger partial charge in [0.15, 0.2) is 0 Å². The predicted octanol–water partition coefficient (Wildman–Crippen LogP) is 8.44. The third-order valence-electron chi connectivity index (χ3n) is 8.79. The van der Waals surface area contributed by atoms with Crippen molar-refractivity contribution in [2.75, 3.05) is 13.1 Å². The van der Waals surface area contributed by atoms with E-state index in [4.69, 9.17) is 23.2 Å². The summed E-state index contributed by atoms with van der Waals surface area (Å²) in [6.45, 7) is 5.98. The van der Waals surface area contributed by atoms with Gasteiger partial charge in [0.1, 0.15) is 28.8 Å². The largest absolute Gasteiger partial charge is 0.349 e. The molecule has 0 saturated heterocycles. The van der Waals surface area contributed by atoms with Crippen molar-refractivity contribution in [3.05, 3.63) is 117 Å². The standard InChI is InChI=1S/C18H13Cl2FN2O.C18H14F2N2O/c1-9-12-7-11(21)8-13(10-2-3-14(19)15(20)6-10)17(12)23-5-4-22-18(24)16(9)23;1-10-14-8-13(20)9-15(11-3-2-4-12(19)7-11)17(14)22-6-5-21-18(23)16(10)22/h2-3,6-8H,4-5H2,1H3,(H,22,24);2-4,7-9H,5-6H2,1H3,(H,21,23). The van der Waals surface area contributed by atoms with Crippen LogP contribution < -0.4 is 10.6 Å². The number of nitrogens with zero attached hydrogens (tertiary/aromatic N) is 2. The first kappa shape index (κ1) is 30.9. The Hall–Kier alpha value is -4.73. The molecule has 0 bridgehead atoms. The molecule has 11 heteroatoms. The number of halogens is 5. The zero-order valence-corrected chi connectivity index (χ0v) is 26.8. The number of amides is 2. The number of nitrogens with one attached hydrogen (secondary N) is 2. The minimum atomic E-state index is -0.400. The third kappa shape index (κ3) is 5.23. The fraction of sp³-hybridized carbons (Fsp3) is 0.167. The molecule has 0 fully saturated rings. The first-order valence-electron chi connectivity index (χ1n) is 15.0. The molecule has 4 heterocycles. The van der Waals surface area contributed by atoms with Crippen LogP contribution in [0.2, 0.25) is 10.0 Å². The van der Waals surface area contributed by atoms with E-state index in [-0.39, 0.29) is 23.4 Å². The van der Waals surface area contributed by atoms with Gasteiger partial charge in [-0.2, -0.15) is 0 Å². The van der Waals surface area contributed by atoms with Gasteiger partial charge < -0.3 is 19.8 Å². The lowest BCUT2D eigenvalue weighted by atomic mass is 10.0. The second-order valence-electron chi connectivity index (χ2n) is 11.6. The maximum Gasteiger partial charge on any atom is 0.268 e. The number of benzene rings is 4. The van der Waals surface area contributed by atoms with Crippen LogP contribution in [0.15, 0.2) is 66.7 Å². The van der Waals surface area contributed by atoms with Crippen molar-refractivity contribution in [1.82, 2.24) is 19.8 Å². The molecular formula is C36H27Cl2F3N4O2. The summed E-state index contributed by atoms with van der Waals surface area (Å²) in [5, 5.41) is 7.93. The van der Waals surface area contributed by atoms with Crippen molar-refractivity contribution in [1.29, 1.82) is 0 Å². The van der Waals surface area contributed by atoms with Crippen LogP contribution in [-0.2, 0) is 13.1 Å². The highest BCUT2D eigenvalue weighted by atomic mass is 35.5. The molecule has 6 nitrogen and oxygen atoms in total. The molecule has 2 aliphatic rings. The highest BCUT2D eigenvalue weighted by Crippen LogP contribution is 2.38. The van der Waals surface area contributed by atoms with Crippen LogP contribution in [0.25, 0.3) is 44.1 Å². The average Bonchev–Trinajstić information content (AvgIpc) is 3.50. The summed E-state index contributed by atoms with van der Waals surface area (Å²) in [5.74, 6) is -1.41. The summed E-state index contributed by atoms with van der Waals surface area (Å²) in [5.41, 5.74) is 6.95. The highest BCUT2D eigenvalue weighted by Gasteiger charge is 2.27. The Kier molecular flexibility index (Phi) is 7.77. The molecule has 0 unspecified atom stereocenters. The molecule has 238 valence electrons. The average molecular weight is 676 g/mol. The molecule has 2 amide bonds. The maximum atomic E-state index is 14.2. The molecule has 0 atom stereocenters. The monoisotopic (exact) mass is 674 g/mol. The zero-order chi connectivity index (χ0) is 33.1. The van der Waals surface area contributed by atoms with Gasteiger partial charge in [-0.05, 0) is 84.6 Å². The summed E-state index contributed by atoms with van der Waals surface area (Å²) >= 11 is 12.1.